The Morgan fingerprint density at radius 1 is 0.821 bits per heavy atom. The van der Waals surface area contributed by atoms with E-state index in [2.05, 4.69) is 30.6 Å². The number of sulfonamides is 1. The summed E-state index contributed by atoms with van der Waals surface area (Å²) >= 11 is 0. The van der Waals surface area contributed by atoms with Crippen LogP contribution >= 0.6 is 0 Å². The zero-order valence-corrected chi connectivity index (χ0v) is 22.1. The lowest BCUT2D eigenvalue weighted by Crippen LogP contribution is -2.31. The summed E-state index contributed by atoms with van der Waals surface area (Å²) in [7, 11) is -1.13. The number of carbonyl (C=O) groups is 2. The maximum absolute atomic E-state index is 13.4. The van der Waals surface area contributed by atoms with Gasteiger partial charge in [-0.2, -0.15) is 0 Å². The van der Waals surface area contributed by atoms with Gasteiger partial charge in [-0.1, -0.05) is 18.2 Å². The highest BCUT2D eigenvalue weighted by Gasteiger charge is 2.20. The topological polar surface area (TPSA) is 161 Å². The van der Waals surface area contributed by atoms with E-state index >= 15 is 0 Å². The third-order valence-electron chi connectivity index (χ3n) is 5.34. The van der Waals surface area contributed by atoms with E-state index in [1.165, 1.54) is 45.4 Å². The molecule has 4 N–H and O–H groups in total. The molecule has 4 aromatic rings. The summed E-state index contributed by atoms with van der Waals surface area (Å²) in [5.74, 6) is 0.269. The molecule has 202 valence electrons. The largest absolute Gasteiger partial charge is 0.497 e. The summed E-state index contributed by atoms with van der Waals surface area (Å²) in [5.41, 5.74) is 1.78. The molecule has 39 heavy (non-hydrogen) atoms. The minimum absolute atomic E-state index is 0.0458. The second-order valence-corrected chi connectivity index (χ2v) is 9.91. The predicted molar refractivity (Wildman–Crippen MR) is 147 cm³/mol. The Morgan fingerprint density at radius 2 is 1.46 bits per heavy atom. The summed E-state index contributed by atoms with van der Waals surface area (Å²) < 4.78 is 39.9. The monoisotopic (exact) mass is 550 g/mol. The first-order chi connectivity index (χ1) is 18.7. The number of fused-ring (bicyclic) bond motifs is 1. The molecule has 13 heteroatoms. The van der Waals surface area contributed by atoms with Crippen LogP contribution in [-0.2, 0) is 19.6 Å². The molecule has 3 aromatic carbocycles. The van der Waals surface area contributed by atoms with Crippen LogP contribution in [0.1, 0.15) is 6.92 Å². The number of rotatable bonds is 10. The Hall–Kier alpha value is -4.91. The van der Waals surface area contributed by atoms with E-state index in [1.54, 1.807) is 42.5 Å². The molecule has 0 saturated carbocycles. The third kappa shape index (κ3) is 6.90. The van der Waals surface area contributed by atoms with Gasteiger partial charge in [-0.25, -0.2) is 18.4 Å². The fraction of sp³-hybridized carbons (Fsp3) is 0.154. The first kappa shape index (κ1) is 27.1. The van der Waals surface area contributed by atoms with Crippen molar-refractivity contribution in [2.75, 3.05) is 36.1 Å². The molecule has 0 radical (unpaired) electrons. The minimum atomic E-state index is -4.17. The highest BCUT2D eigenvalue weighted by molar-refractivity contribution is 7.92. The normalized spacial score (nSPS) is 10.9. The first-order valence-electron chi connectivity index (χ1n) is 11.6. The number of benzene rings is 3. The van der Waals surface area contributed by atoms with Crippen LogP contribution in [-0.4, -0.2) is 51.0 Å². The molecule has 1 heterocycles. The number of aromatic nitrogens is 2. The van der Waals surface area contributed by atoms with Gasteiger partial charge in [0.05, 0.1) is 36.7 Å². The van der Waals surface area contributed by atoms with Gasteiger partial charge >= 0.3 is 0 Å². The second-order valence-electron chi connectivity index (χ2n) is 8.23. The average molecular weight is 551 g/mol. The molecule has 0 fully saturated rings. The predicted octanol–water partition coefficient (Wildman–Crippen LogP) is 3.27. The minimum Gasteiger partial charge on any atom is -0.497 e. The maximum Gasteiger partial charge on any atom is 0.263 e. The quantitative estimate of drug-likeness (QED) is 0.232. The van der Waals surface area contributed by atoms with E-state index in [1.807, 2.05) is 0 Å². The van der Waals surface area contributed by atoms with E-state index in [0.29, 0.717) is 28.2 Å². The molecule has 0 aliphatic rings. The number of methoxy groups -OCH3 is 2. The van der Waals surface area contributed by atoms with Crippen LogP contribution in [0, 0.1) is 0 Å². The van der Waals surface area contributed by atoms with Gasteiger partial charge in [0, 0.05) is 36.5 Å². The van der Waals surface area contributed by atoms with Crippen LogP contribution in [0.5, 0.6) is 11.5 Å². The third-order valence-corrected chi connectivity index (χ3v) is 6.68. The van der Waals surface area contributed by atoms with Crippen LogP contribution < -0.4 is 30.1 Å². The fourth-order valence-corrected chi connectivity index (χ4v) is 4.57. The van der Waals surface area contributed by atoms with Crippen molar-refractivity contribution in [2.45, 2.75) is 11.8 Å². The maximum atomic E-state index is 13.4. The molecule has 0 bridgehead atoms. The molecule has 12 nitrogen and oxygen atoms in total. The van der Waals surface area contributed by atoms with Gasteiger partial charge in [-0.05, 0) is 30.3 Å². The van der Waals surface area contributed by atoms with Gasteiger partial charge in [0.2, 0.25) is 11.8 Å². The van der Waals surface area contributed by atoms with Crippen LogP contribution in [0.2, 0.25) is 0 Å². The summed E-state index contributed by atoms with van der Waals surface area (Å²) in [6, 6.07) is 17.8. The van der Waals surface area contributed by atoms with Crippen LogP contribution in [0.3, 0.4) is 0 Å². The van der Waals surface area contributed by atoms with Crippen molar-refractivity contribution in [1.82, 2.24) is 15.3 Å². The highest BCUT2D eigenvalue weighted by atomic mass is 32.2. The number of ether oxygens (including phenoxy) is 2. The highest BCUT2D eigenvalue weighted by Crippen LogP contribution is 2.31. The van der Waals surface area contributed by atoms with Crippen molar-refractivity contribution in [3.8, 4) is 11.5 Å². The molecular weight excluding hydrogens is 524 g/mol. The number of hydrogen-bond donors (Lipinski definition) is 4. The van der Waals surface area contributed by atoms with Crippen molar-refractivity contribution < 1.29 is 27.5 Å². The van der Waals surface area contributed by atoms with Gasteiger partial charge in [0.1, 0.15) is 11.5 Å². The fourth-order valence-electron chi connectivity index (χ4n) is 3.51. The summed E-state index contributed by atoms with van der Waals surface area (Å²) in [6.45, 7) is 1.04. The van der Waals surface area contributed by atoms with Gasteiger partial charge in [0.25, 0.3) is 10.0 Å². The van der Waals surface area contributed by atoms with E-state index in [-0.39, 0.29) is 34.7 Å². The Balaban J connectivity index is 1.67. The zero-order chi connectivity index (χ0) is 28.0. The number of nitrogens with zero attached hydrogens (tertiary/aromatic N) is 2. The van der Waals surface area contributed by atoms with Crippen molar-refractivity contribution in [2.24, 2.45) is 0 Å². The van der Waals surface area contributed by atoms with Gasteiger partial charge in [-0.15, -0.1) is 0 Å². The van der Waals surface area contributed by atoms with Gasteiger partial charge in [-0.3, -0.25) is 14.3 Å². The van der Waals surface area contributed by atoms with E-state index in [4.69, 9.17) is 9.47 Å². The van der Waals surface area contributed by atoms with Gasteiger partial charge < -0.3 is 25.4 Å². The molecule has 2 amide bonds. The van der Waals surface area contributed by atoms with Crippen LogP contribution in [0.25, 0.3) is 11.0 Å². The number of carbonyl (C=O) groups excluding carboxylic acids is 2. The van der Waals surface area contributed by atoms with Gasteiger partial charge in [0.15, 0.2) is 11.6 Å². The van der Waals surface area contributed by atoms with Crippen molar-refractivity contribution in [3.05, 3.63) is 66.7 Å². The number of para-hydroxylation sites is 2. The van der Waals surface area contributed by atoms with E-state index in [0.717, 1.165) is 0 Å². The lowest BCUT2D eigenvalue weighted by Gasteiger charge is -2.15. The summed E-state index contributed by atoms with van der Waals surface area (Å²) in [4.78, 5) is 32.1. The first-order valence-corrected chi connectivity index (χ1v) is 13.1. The number of nitrogens with one attached hydrogen (secondary N) is 4. The molecule has 0 atom stereocenters. The Kier molecular flexibility index (Phi) is 8.10. The molecule has 1 aromatic heterocycles. The smallest absolute Gasteiger partial charge is 0.263 e. The zero-order valence-electron chi connectivity index (χ0n) is 21.3. The molecule has 4 rings (SSSR count). The molecule has 0 aliphatic carbocycles. The Labute approximate surface area is 224 Å². The molecule has 0 unspecified atom stereocenters. The summed E-state index contributed by atoms with van der Waals surface area (Å²) in [6.07, 6.45) is 0. The number of anilines is 4. The summed E-state index contributed by atoms with van der Waals surface area (Å²) in [5, 5.41) is 8.03. The van der Waals surface area contributed by atoms with Crippen molar-refractivity contribution >= 4 is 55.9 Å². The number of hydrogen-bond acceptors (Lipinski definition) is 9. The van der Waals surface area contributed by atoms with E-state index < -0.39 is 15.9 Å². The average Bonchev–Trinajstić information content (AvgIpc) is 2.92. The lowest BCUT2D eigenvalue weighted by molar-refractivity contribution is -0.122. The standard InChI is InChI=1S/C26H26N6O6S/c1-16(33)27-15-24(34)28-17-7-6-8-21(13-17)39(35,36)32-26-25(30-22-9-4-5-10-23(22)31-26)29-18-11-19(37-2)14-20(12-18)38-3/h4-14H,15H2,1-3H3,(H,27,33)(H,28,34)(H,29,30)(H,31,32). The number of amides is 2. The van der Waals surface area contributed by atoms with E-state index in [9.17, 15) is 18.0 Å². The molecule has 0 aliphatic heterocycles. The lowest BCUT2D eigenvalue weighted by atomic mass is 10.2. The SMILES string of the molecule is COc1cc(Nc2nc3ccccc3nc2NS(=O)(=O)c2cccc(NC(=O)CNC(C)=O)c2)cc(OC)c1. The van der Waals surface area contributed by atoms with Crippen LogP contribution in [0.4, 0.5) is 23.0 Å². The Bertz CT molecular complexity index is 1620. The van der Waals surface area contributed by atoms with Crippen LogP contribution in [0.15, 0.2) is 71.6 Å². The molecule has 0 saturated heterocycles. The second kappa shape index (κ2) is 11.6. The molecule has 0 spiro atoms. The van der Waals surface area contributed by atoms with Crippen molar-refractivity contribution in [3.63, 3.8) is 0 Å². The Morgan fingerprint density at radius 3 is 2.08 bits per heavy atom. The molecular formula is C26H26N6O6S. The van der Waals surface area contributed by atoms with Crippen molar-refractivity contribution in [1.29, 1.82) is 0 Å².